The molecule has 0 spiro atoms. The van der Waals surface area contributed by atoms with Gasteiger partial charge in [-0.2, -0.15) is 0 Å². The molecule has 4 heteroatoms. The topological polar surface area (TPSA) is 29.3 Å². The number of para-hydroxylation sites is 1. The van der Waals surface area contributed by atoms with Crippen molar-refractivity contribution in [1.29, 1.82) is 0 Å². The molecule has 1 aromatic rings. The van der Waals surface area contributed by atoms with Gasteiger partial charge >= 0.3 is 0 Å². The fraction of sp³-hybridized carbons (Fsp3) is 0.333. The van der Waals surface area contributed by atoms with E-state index >= 15 is 0 Å². The molecule has 0 amide bonds. The Labute approximate surface area is 99.9 Å². The van der Waals surface area contributed by atoms with Crippen LogP contribution >= 0.6 is 35.7 Å². The number of thioether (sulfide) groups is 1. The van der Waals surface area contributed by atoms with Crippen LogP contribution < -0.4 is 10.6 Å². The van der Waals surface area contributed by atoms with E-state index in [2.05, 4.69) is 17.0 Å². The van der Waals surface area contributed by atoms with Crippen LogP contribution in [0.3, 0.4) is 0 Å². The molecule has 1 atom stereocenters. The summed E-state index contributed by atoms with van der Waals surface area (Å²) in [5.41, 5.74) is 7.29. The van der Waals surface area contributed by atoms with Crippen molar-refractivity contribution in [3.05, 3.63) is 24.3 Å². The number of hydrogen-bond acceptors (Lipinski definition) is 3. The van der Waals surface area contributed by atoms with Crippen molar-refractivity contribution in [2.75, 3.05) is 11.9 Å². The second-order valence-corrected chi connectivity index (χ2v) is 4.65. The highest BCUT2D eigenvalue weighted by molar-refractivity contribution is 14.0. The molecule has 0 aromatic heterocycles. The van der Waals surface area contributed by atoms with Gasteiger partial charge in [0.05, 0.1) is 5.69 Å². The van der Waals surface area contributed by atoms with Gasteiger partial charge in [-0.05, 0) is 19.1 Å². The lowest BCUT2D eigenvalue weighted by molar-refractivity contribution is 0.671. The molecule has 0 fully saturated rings. The number of hydrogen-bond donors (Lipinski definition) is 1. The number of benzene rings is 1. The Kier molecular flexibility index (Phi) is 3.14. The van der Waals surface area contributed by atoms with Crippen LogP contribution in [0.2, 0.25) is 0 Å². The van der Waals surface area contributed by atoms with Gasteiger partial charge in [-0.25, -0.2) is 0 Å². The Morgan fingerprint density at radius 2 is 2.00 bits per heavy atom. The molecule has 1 heterocycles. The molecule has 1 aliphatic rings. The van der Waals surface area contributed by atoms with Crippen LogP contribution in [0.4, 0.5) is 5.69 Å². The first kappa shape index (κ1) is 11.1. The zero-order chi connectivity index (χ0) is 8.77. The Morgan fingerprint density at radius 3 is 2.62 bits per heavy atom. The maximum atomic E-state index is 6.06. The van der Waals surface area contributed by atoms with Gasteiger partial charge in [0.15, 0.2) is 0 Å². The monoisotopic (exact) mass is 308 g/mol. The Bertz CT molecular complexity index is 314. The van der Waals surface area contributed by atoms with Crippen LogP contribution in [-0.2, 0) is 0 Å². The average molecular weight is 308 g/mol. The predicted octanol–water partition coefficient (Wildman–Crippen LogP) is 2.48. The molecule has 2 nitrogen and oxygen atoms in total. The van der Waals surface area contributed by atoms with Crippen molar-refractivity contribution in [3.63, 3.8) is 0 Å². The molecule has 2 rings (SSSR count). The van der Waals surface area contributed by atoms with Crippen LogP contribution in [0, 0.1) is 0 Å². The molecular weight excluding hydrogens is 295 g/mol. The highest BCUT2D eigenvalue weighted by Gasteiger charge is 2.34. The van der Waals surface area contributed by atoms with E-state index in [9.17, 15) is 0 Å². The maximum absolute atomic E-state index is 6.06. The lowest BCUT2D eigenvalue weighted by Crippen LogP contribution is -2.45. The average Bonchev–Trinajstić information content (AvgIpc) is 2.24. The number of rotatable bonds is 0. The Morgan fingerprint density at radius 1 is 1.38 bits per heavy atom. The van der Waals surface area contributed by atoms with Crippen molar-refractivity contribution in [1.82, 2.24) is 0 Å². The molecule has 72 valence electrons. The van der Waals surface area contributed by atoms with Gasteiger partial charge in [-0.15, -0.1) is 24.0 Å². The van der Waals surface area contributed by atoms with Crippen LogP contribution in [-0.4, -0.2) is 12.0 Å². The van der Waals surface area contributed by atoms with Gasteiger partial charge in [-0.1, -0.05) is 23.9 Å². The van der Waals surface area contributed by atoms with Crippen molar-refractivity contribution in [2.24, 2.45) is 5.73 Å². The van der Waals surface area contributed by atoms with Gasteiger partial charge in [0.2, 0.25) is 0 Å². The van der Waals surface area contributed by atoms with Crippen molar-refractivity contribution in [3.8, 4) is 0 Å². The third-order valence-electron chi connectivity index (χ3n) is 2.21. The van der Waals surface area contributed by atoms with E-state index in [4.69, 9.17) is 5.73 Å². The van der Waals surface area contributed by atoms with Crippen molar-refractivity contribution in [2.45, 2.75) is 16.8 Å². The molecule has 13 heavy (non-hydrogen) atoms. The van der Waals surface area contributed by atoms with Crippen LogP contribution in [0.15, 0.2) is 29.2 Å². The molecule has 0 radical (unpaired) electrons. The highest BCUT2D eigenvalue weighted by atomic mass is 127. The maximum Gasteiger partial charge on any atom is 0.138 e. The quantitative estimate of drug-likeness (QED) is 0.747. The van der Waals surface area contributed by atoms with E-state index in [1.807, 2.05) is 26.1 Å². The van der Waals surface area contributed by atoms with Crippen LogP contribution in [0.1, 0.15) is 6.92 Å². The van der Waals surface area contributed by atoms with E-state index in [1.54, 1.807) is 11.8 Å². The van der Waals surface area contributed by atoms with Crippen molar-refractivity contribution >= 4 is 41.4 Å². The number of fused-ring (bicyclic) bond motifs is 1. The molecule has 0 saturated carbocycles. The van der Waals surface area contributed by atoms with Gasteiger partial charge in [0.25, 0.3) is 0 Å². The summed E-state index contributed by atoms with van der Waals surface area (Å²) in [6.07, 6.45) is 0. The Hall–Kier alpha value is 0.0600. The lowest BCUT2D eigenvalue weighted by atomic mass is 10.3. The summed E-state index contributed by atoms with van der Waals surface area (Å²) in [6.45, 7) is 2.03. The SMILES string of the molecule is CN1c2ccccc2SC1(C)N.I. The molecule has 1 unspecified atom stereocenters. The predicted molar refractivity (Wildman–Crippen MR) is 68.7 cm³/mol. The van der Waals surface area contributed by atoms with Crippen molar-refractivity contribution < 1.29 is 0 Å². The minimum absolute atomic E-state index is 0. The van der Waals surface area contributed by atoms with Gasteiger partial charge in [-0.3, -0.25) is 5.73 Å². The highest BCUT2D eigenvalue weighted by Crippen LogP contribution is 2.45. The summed E-state index contributed by atoms with van der Waals surface area (Å²) in [7, 11) is 2.03. The van der Waals surface area contributed by atoms with E-state index in [1.165, 1.54) is 10.6 Å². The minimum atomic E-state index is -0.288. The zero-order valence-corrected chi connectivity index (χ0v) is 10.8. The molecule has 2 N–H and O–H groups in total. The third-order valence-corrected chi connectivity index (χ3v) is 3.46. The number of nitrogens with two attached hydrogens (primary N) is 1. The fourth-order valence-corrected chi connectivity index (χ4v) is 2.49. The number of anilines is 1. The minimum Gasteiger partial charge on any atom is -0.347 e. The molecular formula is C9H13IN2S. The number of halogens is 1. The van der Waals surface area contributed by atoms with Gasteiger partial charge < -0.3 is 4.90 Å². The summed E-state index contributed by atoms with van der Waals surface area (Å²) in [5, 5.41) is 0. The summed E-state index contributed by atoms with van der Waals surface area (Å²) < 4.78 is 0. The normalized spacial score (nSPS) is 25.3. The third kappa shape index (κ3) is 1.80. The summed E-state index contributed by atoms with van der Waals surface area (Å²) in [4.78, 5) is 3.08. The van der Waals surface area contributed by atoms with E-state index in [0.717, 1.165) is 0 Å². The molecule has 0 saturated heterocycles. The molecule has 1 aliphatic heterocycles. The summed E-state index contributed by atoms with van der Waals surface area (Å²) in [5.74, 6) is 0. The van der Waals surface area contributed by atoms with E-state index < -0.39 is 0 Å². The smallest absolute Gasteiger partial charge is 0.138 e. The van der Waals surface area contributed by atoms with Gasteiger partial charge in [0.1, 0.15) is 4.99 Å². The van der Waals surface area contributed by atoms with E-state index in [0.29, 0.717) is 0 Å². The Balaban J connectivity index is 0.000000845. The number of nitrogens with zero attached hydrogens (tertiary/aromatic N) is 1. The largest absolute Gasteiger partial charge is 0.347 e. The summed E-state index contributed by atoms with van der Waals surface area (Å²) in [6, 6.07) is 8.29. The molecule has 0 bridgehead atoms. The second-order valence-electron chi connectivity index (χ2n) is 3.18. The first-order valence-electron chi connectivity index (χ1n) is 3.92. The first-order valence-corrected chi connectivity index (χ1v) is 4.74. The lowest BCUT2D eigenvalue weighted by Gasteiger charge is -2.28. The zero-order valence-electron chi connectivity index (χ0n) is 7.65. The van der Waals surface area contributed by atoms with Crippen LogP contribution in [0.25, 0.3) is 0 Å². The molecule has 0 aliphatic carbocycles. The van der Waals surface area contributed by atoms with Crippen LogP contribution in [0.5, 0.6) is 0 Å². The first-order chi connectivity index (χ1) is 5.61. The standard InChI is InChI=1S/C9H12N2S.HI/c1-9(10)11(2)7-5-3-4-6-8(7)12-9;/h3-6H,10H2,1-2H3;1H. The fourth-order valence-electron chi connectivity index (χ4n) is 1.35. The summed E-state index contributed by atoms with van der Waals surface area (Å²) >= 11 is 1.71. The second kappa shape index (κ2) is 3.67. The van der Waals surface area contributed by atoms with E-state index in [-0.39, 0.29) is 29.0 Å². The van der Waals surface area contributed by atoms with Gasteiger partial charge in [0, 0.05) is 11.9 Å². The molecule has 1 aromatic carbocycles.